The highest BCUT2D eigenvalue weighted by atomic mass is 16.6. The number of hydrogen-bond acceptors (Lipinski definition) is 5. The normalized spacial score (nSPS) is 17.4. The van der Waals surface area contributed by atoms with Gasteiger partial charge in [-0.1, -0.05) is 30.3 Å². The van der Waals surface area contributed by atoms with Crippen molar-refractivity contribution < 1.29 is 14.3 Å². The number of ether oxygens (including phenoxy) is 1. The van der Waals surface area contributed by atoms with Gasteiger partial charge in [0.05, 0.1) is 18.4 Å². The molecule has 0 saturated carbocycles. The minimum Gasteiger partial charge on any atom is -0.441 e. The predicted molar refractivity (Wildman–Crippen MR) is 107 cm³/mol. The van der Waals surface area contributed by atoms with E-state index in [4.69, 9.17) is 4.74 Å². The highest BCUT2D eigenvalue weighted by Gasteiger charge is 2.36. The summed E-state index contributed by atoms with van der Waals surface area (Å²) in [6, 6.07) is 10.7. The standard InChI is InChI=1S/C21H27N5O3/c1-23(2)21(28)29-15-19-22-12-18-14-25(20(27)26(18)19)17-8-10-24(11-9-17)13-16-6-4-3-5-7-16/h3-7,12,17H,8-11,13-15H2,1-2H3. The molecule has 1 aromatic heterocycles. The molecule has 0 radical (unpaired) electrons. The van der Waals surface area contributed by atoms with Gasteiger partial charge in [-0.3, -0.25) is 4.90 Å². The topological polar surface area (TPSA) is 70.9 Å². The number of aromatic nitrogens is 2. The number of fused-ring (bicyclic) bond motifs is 1. The Labute approximate surface area is 170 Å². The molecule has 154 valence electrons. The number of piperidine rings is 1. The van der Waals surface area contributed by atoms with E-state index < -0.39 is 6.09 Å². The monoisotopic (exact) mass is 397 g/mol. The number of amides is 2. The van der Waals surface area contributed by atoms with Crippen molar-refractivity contribution in [1.82, 2.24) is 24.3 Å². The second-order valence-electron chi connectivity index (χ2n) is 7.85. The summed E-state index contributed by atoms with van der Waals surface area (Å²) in [7, 11) is 3.24. The van der Waals surface area contributed by atoms with Crippen LogP contribution in [0.1, 0.15) is 29.9 Å². The maximum absolute atomic E-state index is 13.0. The summed E-state index contributed by atoms with van der Waals surface area (Å²) in [5.41, 5.74) is 2.18. The number of rotatable bonds is 5. The van der Waals surface area contributed by atoms with Crippen molar-refractivity contribution in [3.05, 3.63) is 53.6 Å². The summed E-state index contributed by atoms with van der Waals surface area (Å²) in [5.74, 6) is 0.476. The van der Waals surface area contributed by atoms with Gasteiger partial charge in [-0.15, -0.1) is 0 Å². The van der Waals surface area contributed by atoms with Gasteiger partial charge in [-0.05, 0) is 18.4 Å². The van der Waals surface area contributed by atoms with Gasteiger partial charge >= 0.3 is 12.1 Å². The maximum atomic E-state index is 13.0. The summed E-state index contributed by atoms with van der Waals surface area (Å²) in [4.78, 5) is 34.7. The number of nitrogens with zero attached hydrogens (tertiary/aromatic N) is 5. The number of likely N-dealkylation sites (tertiary alicyclic amines) is 1. The van der Waals surface area contributed by atoms with Crippen LogP contribution < -0.4 is 0 Å². The molecular formula is C21H27N5O3. The maximum Gasteiger partial charge on any atom is 0.409 e. The second-order valence-corrected chi connectivity index (χ2v) is 7.85. The van der Waals surface area contributed by atoms with Gasteiger partial charge in [0, 0.05) is 39.8 Å². The highest BCUT2D eigenvalue weighted by Crippen LogP contribution is 2.26. The molecule has 0 unspecified atom stereocenters. The van der Waals surface area contributed by atoms with Crippen molar-refractivity contribution in [2.45, 2.75) is 38.6 Å². The van der Waals surface area contributed by atoms with E-state index in [2.05, 4.69) is 34.1 Å². The summed E-state index contributed by atoms with van der Waals surface area (Å²) >= 11 is 0. The van der Waals surface area contributed by atoms with Crippen LogP contribution in [0.4, 0.5) is 9.59 Å². The molecule has 29 heavy (non-hydrogen) atoms. The van der Waals surface area contributed by atoms with Gasteiger partial charge in [0.15, 0.2) is 12.4 Å². The lowest BCUT2D eigenvalue weighted by Gasteiger charge is -2.36. The van der Waals surface area contributed by atoms with Crippen molar-refractivity contribution in [1.29, 1.82) is 0 Å². The Morgan fingerprint density at radius 2 is 1.93 bits per heavy atom. The second kappa shape index (κ2) is 8.24. The lowest BCUT2D eigenvalue weighted by atomic mass is 10.0. The van der Waals surface area contributed by atoms with E-state index in [-0.39, 0.29) is 18.7 Å². The molecule has 2 amide bonds. The van der Waals surface area contributed by atoms with Gasteiger partial charge in [-0.2, -0.15) is 0 Å². The van der Waals surface area contributed by atoms with Crippen LogP contribution in [-0.2, 0) is 24.4 Å². The van der Waals surface area contributed by atoms with Gasteiger partial charge < -0.3 is 14.5 Å². The Kier molecular flexibility index (Phi) is 5.53. The minimum absolute atomic E-state index is 0.00782. The van der Waals surface area contributed by atoms with Crippen LogP contribution in [0.25, 0.3) is 0 Å². The molecule has 1 aromatic carbocycles. The van der Waals surface area contributed by atoms with Crippen LogP contribution in [0, 0.1) is 0 Å². The van der Waals surface area contributed by atoms with E-state index in [0.717, 1.165) is 38.2 Å². The third kappa shape index (κ3) is 4.12. The van der Waals surface area contributed by atoms with Crippen LogP contribution >= 0.6 is 0 Å². The number of imidazole rings is 1. The Hall–Kier alpha value is -2.87. The number of carbonyl (C=O) groups is 2. The van der Waals surface area contributed by atoms with Gasteiger partial charge in [0.2, 0.25) is 0 Å². The first kappa shape index (κ1) is 19.4. The van der Waals surface area contributed by atoms with Crippen LogP contribution in [0.5, 0.6) is 0 Å². The predicted octanol–water partition coefficient (Wildman–Crippen LogP) is 2.53. The van der Waals surface area contributed by atoms with Crippen molar-refractivity contribution in [3.8, 4) is 0 Å². The largest absolute Gasteiger partial charge is 0.441 e. The van der Waals surface area contributed by atoms with E-state index in [1.54, 1.807) is 24.9 Å². The van der Waals surface area contributed by atoms with Crippen molar-refractivity contribution in [2.24, 2.45) is 0 Å². The molecule has 2 aliphatic rings. The number of benzene rings is 1. The first-order chi connectivity index (χ1) is 14.0. The summed E-state index contributed by atoms with van der Waals surface area (Å²) in [5, 5.41) is 0. The van der Waals surface area contributed by atoms with E-state index in [1.807, 2.05) is 11.0 Å². The quantitative estimate of drug-likeness (QED) is 0.775. The van der Waals surface area contributed by atoms with Crippen LogP contribution in [0.15, 0.2) is 36.5 Å². The molecule has 8 heteroatoms. The average Bonchev–Trinajstić information content (AvgIpc) is 3.28. The molecule has 0 N–H and O–H groups in total. The fourth-order valence-electron chi connectivity index (χ4n) is 4.02. The van der Waals surface area contributed by atoms with Crippen LogP contribution in [-0.4, -0.2) is 69.6 Å². The van der Waals surface area contributed by atoms with E-state index >= 15 is 0 Å². The van der Waals surface area contributed by atoms with Crippen LogP contribution in [0.3, 0.4) is 0 Å². The molecular weight excluding hydrogens is 370 g/mol. The van der Waals surface area contributed by atoms with Crippen molar-refractivity contribution in [2.75, 3.05) is 27.2 Å². The van der Waals surface area contributed by atoms with Crippen molar-refractivity contribution in [3.63, 3.8) is 0 Å². The summed E-state index contributed by atoms with van der Waals surface area (Å²) < 4.78 is 6.80. The summed E-state index contributed by atoms with van der Waals surface area (Å²) in [6.45, 7) is 3.46. The fourth-order valence-corrected chi connectivity index (χ4v) is 4.02. The van der Waals surface area contributed by atoms with Gasteiger partial charge in [0.1, 0.15) is 0 Å². The highest BCUT2D eigenvalue weighted by molar-refractivity contribution is 5.81. The average molecular weight is 397 g/mol. The fraction of sp³-hybridized carbons (Fsp3) is 0.476. The third-order valence-electron chi connectivity index (χ3n) is 5.61. The van der Waals surface area contributed by atoms with Gasteiger partial charge in [0.25, 0.3) is 0 Å². The molecule has 0 spiro atoms. The zero-order valence-corrected chi connectivity index (χ0v) is 17.0. The van der Waals surface area contributed by atoms with E-state index in [1.165, 1.54) is 10.5 Å². The molecule has 2 aromatic rings. The Morgan fingerprint density at radius 3 is 2.62 bits per heavy atom. The number of hydrogen-bond donors (Lipinski definition) is 0. The zero-order chi connectivity index (χ0) is 20.4. The Balaban J connectivity index is 1.34. The Bertz CT molecular complexity index is 872. The zero-order valence-electron chi connectivity index (χ0n) is 17.0. The first-order valence-electron chi connectivity index (χ1n) is 9.99. The first-order valence-corrected chi connectivity index (χ1v) is 9.99. The smallest absolute Gasteiger partial charge is 0.409 e. The molecule has 0 bridgehead atoms. The van der Waals surface area contributed by atoms with E-state index in [0.29, 0.717) is 12.4 Å². The molecule has 0 atom stereocenters. The van der Waals surface area contributed by atoms with E-state index in [9.17, 15) is 9.59 Å². The van der Waals surface area contributed by atoms with Crippen molar-refractivity contribution >= 4 is 12.1 Å². The third-order valence-corrected chi connectivity index (χ3v) is 5.61. The molecule has 8 nitrogen and oxygen atoms in total. The van der Waals surface area contributed by atoms with Gasteiger partial charge in [-0.25, -0.2) is 19.1 Å². The lowest BCUT2D eigenvalue weighted by molar-refractivity contribution is 0.107. The number of carbonyl (C=O) groups excluding carboxylic acids is 2. The molecule has 1 saturated heterocycles. The lowest BCUT2D eigenvalue weighted by Crippen LogP contribution is -2.45. The molecule has 1 fully saturated rings. The molecule has 4 rings (SSSR count). The molecule has 0 aliphatic carbocycles. The minimum atomic E-state index is -0.449. The Morgan fingerprint density at radius 1 is 1.21 bits per heavy atom. The molecule has 2 aliphatic heterocycles. The summed E-state index contributed by atoms with van der Waals surface area (Å²) in [6.07, 6.45) is 3.18. The van der Waals surface area contributed by atoms with Crippen LogP contribution in [0.2, 0.25) is 0 Å². The molecule has 3 heterocycles. The SMILES string of the molecule is CN(C)C(=O)OCc1ncc2n1C(=O)N(C1CCN(Cc3ccccc3)CC1)C2.